The zero-order chi connectivity index (χ0) is 28.7. The standard InChI is InChI=1S/C27H33BrN2O8S/c1-6-36-19(31)16-37-21-20(28)24(39-22(21)25(33)35-5)30(18-10-8-7-9-11-18)23(32)17-12-14-29(15-13-17)26(34)38-27(2,3)4/h7-11,17H,6,12-16H2,1-5H3. The molecule has 0 radical (unpaired) electrons. The van der Waals surface area contributed by atoms with E-state index in [2.05, 4.69) is 15.9 Å². The number of carbonyl (C=O) groups is 4. The molecule has 0 N–H and O–H groups in total. The number of ether oxygens (including phenoxy) is 4. The number of nitrogens with zero attached hydrogens (tertiary/aromatic N) is 2. The monoisotopic (exact) mass is 624 g/mol. The molecule has 0 spiro atoms. The van der Waals surface area contributed by atoms with E-state index in [0.29, 0.717) is 41.1 Å². The predicted molar refractivity (Wildman–Crippen MR) is 150 cm³/mol. The Labute approximate surface area is 240 Å². The number of piperidine rings is 1. The van der Waals surface area contributed by atoms with Crippen LogP contribution in [0.2, 0.25) is 0 Å². The summed E-state index contributed by atoms with van der Waals surface area (Å²) in [5.74, 6) is -1.76. The number of halogens is 1. The number of para-hydroxylation sites is 1. The summed E-state index contributed by atoms with van der Waals surface area (Å²) < 4.78 is 21.3. The molecule has 2 heterocycles. The summed E-state index contributed by atoms with van der Waals surface area (Å²) in [4.78, 5) is 54.3. The van der Waals surface area contributed by atoms with Crippen molar-refractivity contribution in [2.75, 3.05) is 38.3 Å². The Morgan fingerprint density at radius 1 is 1.10 bits per heavy atom. The van der Waals surface area contributed by atoms with Crippen LogP contribution in [0.1, 0.15) is 50.2 Å². The van der Waals surface area contributed by atoms with Crippen molar-refractivity contribution < 1.29 is 38.1 Å². The highest BCUT2D eigenvalue weighted by Crippen LogP contribution is 2.48. The number of amides is 2. The number of anilines is 2. The zero-order valence-electron chi connectivity index (χ0n) is 22.7. The van der Waals surface area contributed by atoms with E-state index in [0.717, 1.165) is 11.3 Å². The van der Waals surface area contributed by atoms with Crippen molar-refractivity contribution in [3.63, 3.8) is 0 Å². The van der Waals surface area contributed by atoms with Gasteiger partial charge in [0.05, 0.1) is 18.2 Å². The summed E-state index contributed by atoms with van der Waals surface area (Å²) in [7, 11) is 1.24. The molecule has 1 aliphatic heterocycles. The highest BCUT2D eigenvalue weighted by Gasteiger charge is 2.36. The second-order valence-corrected chi connectivity index (χ2v) is 11.5. The van der Waals surface area contributed by atoms with E-state index in [9.17, 15) is 19.2 Å². The molecule has 1 aliphatic rings. The van der Waals surface area contributed by atoms with Gasteiger partial charge in [-0.25, -0.2) is 14.4 Å². The Morgan fingerprint density at radius 2 is 1.74 bits per heavy atom. The highest BCUT2D eigenvalue weighted by molar-refractivity contribution is 9.10. The molecule has 39 heavy (non-hydrogen) atoms. The van der Waals surface area contributed by atoms with Crippen molar-refractivity contribution >= 4 is 61.9 Å². The first-order chi connectivity index (χ1) is 18.5. The van der Waals surface area contributed by atoms with Gasteiger partial charge < -0.3 is 23.8 Å². The van der Waals surface area contributed by atoms with Crippen LogP contribution in [0.4, 0.5) is 15.5 Å². The number of hydrogen-bond donors (Lipinski definition) is 0. The van der Waals surface area contributed by atoms with Crippen LogP contribution in [0.25, 0.3) is 0 Å². The van der Waals surface area contributed by atoms with Crippen LogP contribution >= 0.6 is 27.3 Å². The minimum Gasteiger partial charge on any atom is -0.479 e. The molecule has 1 fully saturated rings. The predicted octanol–water partition coefficient (Wildman–Crippen LogP) is 5.55. The van der Waals surface area contributed by atoms with Crippen LogP contribution in [0.5, 0.6) is 5.75 Å². The Kier molecular flexibility index (Phi) is 10.4. The van der Waals surface area contributed by atoms with Gasteiger partial charge in [0.2, 0.25) is 5.91 Å². The summed E-state index contributed by atoms with van der Waals surface area (Å²) in [6.07, 6.45) is 0.487. The SMILES string of the molecule is CCOC(=O)COc1c(C(=O)OC)sc(N(C(=O)C2CCN(C(=O)OC(C)(C)C)CC2)c2ccccc2)c1Br. The molecule has 2 amide bonds. The minimum atomic E-state index is -0.670. The fourth-order valence-corrected chi connectivity index (χ4v) is 5.90. The fraction of sp³-hybridized carbons (Fsp3) is 0.481. The average molecular weight is 626 g/mol. The van der Waals surface area contributed by atoms with Gasteiger partial charge in [0, 0.05) is 24.7 Å². The topological polar surface area (TPSA) is 112 Å². The molecular weight excluding hydrogens is 592 g/mol. The van der Waals surface area contributed by atoms with Crippen molar-refractivity contribution in [2.24, 2.45) is 5.92 Å². The van der Waals surface area contributed by atoms with Crippen LogP contribution in [0, 0.1) is 5.92 Å². The Balaban J connectivity index is 1.92. The van der Waals surface area contributed by atoms with E-state index < -0.39 is 30.2 Å². The number of methoxy groups -OCH3 is 1. The lowest BCUT2D eigenvalue weighted by atomic mass is 9.95. The van der Waals surface area contributed by atoms with E-state index in [4.69, 9.17) is 18.9 Å². The fourth-order valence-electron chi connectivity index (χ4n) is 3.96. The number of thiophene rings is 1. The third-order valence-electron chi connectivity index (χ3n) is 5.74. The number of benzene rings is 1. The van der Waals surface area contributed by atoms with E-state index in [1.807, 2.05) is 39.0 Å². The van der Waals surface area contributed by atoms with Crippen molar-refractivity contribution in [1.29, 1.82) is 0 Å². The smallest absolute Gasteiger partial charge is 0.410 e. The van der Waals surface area contributed by atoms with Crippen molar-refractivity contribution in [2.45, 2.75) is 46.1 Å². The molecule has 3 rings (SSSR count). The first kappa shape index (κ1) is 30.4. The van der Waals surface area contributed by atoms with Crippen LogP contribution < -0.4 is 9.64 Å². The molecule has 0 aliphatic carbocycles. The maximum absolute atomic E-state index is 14.0. The zero-order valence-corrected chi connectivity index (χ0v) is 25.1. The van der Waals surface area contributed by atoms with Gasteiger partial charge in [0.25, 0.3) is 0 Å². The molecule has 0 atom stereocenters. The third kappa shape index (κ3) is 7.72. The number of likely N-dealkylation sites (tertiary alicyclic amines) is 1. The Morgan fingerprint density at radius 3 is 2.31 bits per heavy atom. The Bertz CT molecular complexity index is 1190. The summed E-state index contributed by atoms with van der Waals surface area (Å²) >= 11 is 4.51. The molecule has 1 aromatic heterocycles. The summed E-state index contributed by atoms with van der Waals surface area (Å²) in [6, 6.07) is 9.03. The Hall–Kier alpha value is -3.12. The molecule has 10 nitrogen and oxygen atoms in total. The summed E-state index contributed by atoms with van der Waals surface area (Å²) in [5, 5.41) is 0.403. The molecule has 1 saturated heterocycles. The lowest BCUT2D eigenvalue weighted by molar-refractivity contribution is -0.145. The van der Waals surface area contributed by atoms with E-state index >= 15 is 0 Å². The van der Waals surface area contributed by atoms with Gasteiger partial charge in [0.1, 0.15) is 10.6 Å². The molecule has 0 bridgehead atoms. The molecule has 0 saturated carbocycles. The largest absolute Gasteiger partial charge is 0.479 e. The summed E-state index contributed by atoms with van der Waals surface area (Å²) in [5.41, 5.74) is -0.0173. The van der Waals surface area contributed by atoms with E-state index in [1.165, 1.54) is 12.0 Å². The molecule has 212 valence electrons. The van der Waals surface area contributed by atoms with Gasteiger partial charge >= 0.3 is 18.0 Å². The van der Waals surface area contributed by atoms with Gasteiger partial charge in [0.15, 0.2) is 17.2 Å². The number of rotatable bonds is 8. The lowest BCUT2D eigenvalue weighted by Gasteiger charge is -2.35. The van der Waals surface area contributed by atoms with Crippen LogP contribution in [-0.2, 0) is 23.8 Å². The maximum Gasteiger partial charge on any atom is 0.410 e. The average Bonchev–Trinajstić information content (AvgIpc) is 3.22. The number of esters is 2. The van der Waals surface area contributed by atoms with Crippen LogP contribution in [0.15, 0.2) is 34.8 Å². The van der Waals surface area contributed by atoms with Gasteiger partial charge in [-0.05, 0) is 68.6 Å². The number of carbonyl (C=O) groups excluding carboxylic acids is 4. The first-order valence-corrected chi connectivity index (χ1v) is 14.1. The minimum absolute atomic E-state index is 0.0865. The highest BCUT2D eigenvalue weighted by atomic mass is 79.9. The molecule has 2 aromatic rings. The first-order valence-electron chi connectivity index (χ1n) is 12.5. The maximum atomic E-state index is 14.0. The number of hydrogen-bond acceptors (Lipinski definition) is 9. The second kappa shape index (κ2) is 13.3. The lowest BCUT2D eigenvalue weighted by Crippen LogP contribution is -2.45. The van der Waals surface area contributed by atoms with Crippen molar-refractivity contribution in [3.05, 3.63) is 39.7 Å². The molecular formula is C27H33BrN2O8S. The molecule has 12 heteroatoms. The van der Waals surface area contributed by atoms with Crippen molar-refractivity contribution in [1.82, 2.24) is 4.90 Å². The molecule has 1 aromatic carbocycles. The molecule has 0 unspecified atom stereocenters. The second-order valence-electron chi connectivity index (χ2n) is 9.72. The van der Waals surface area contributed by atoms with Crippen molar-refractivity contribution in [3.8, 4) is 5.75 Å². The van der Waals surface area contributed by atoms with Crippen LogP contribution in [0.3, 0.4) is 0 Å². The normalized spacial score (nSPS) is 13.9. The van der Waals surface area contributed by atoms with Gasteiger partial charge in [-0.1, -0.05) is 18.2 Å². The van der Waals surface area contributed by atoms with Gasteiger partial charge in [-0.2, -0.15) is 0 Å². The van der Waals surface area contributed by atoms with E-state index in [1.54, 1.807) is 24.0 Å². The quantitative estimate of drug-likeness (QED) is 0.277. The summed E-state index contributed by atoms with van der Waals surface area (Å²) in [6.45, 7) is 7.63. The van der Waals surface area contributed by atoms with Gasteiger partial charge in [-0.15, -0.1) is 11.3 Å². The third-order valence-corrected chi connectivity index (χ3v) is 7.87. The van der Waals surface area contributed by atoms with Crippen LogP contribution in [-0.4, -0.2) is 67.9 Å². The van der Waals surface area contributed by atoms with E-state index in [-0.39, 0.29) is 29.1 Å². The van der Waals surface area contributed by atoms with Gasteiger partial charge in [-0.3, -0.25) is 9.69 Å².